The number of nitrogens with zero attached hydrogens (tertiary/aromatic N) is 2. The number of carbonyl (C=O) groups excluding carboxylic acids is 2. The highest BCUT2D eigenvalue weighted by atomic mass is 35.5. The molecule has 0 spiro atoms. The molecule has 4 rings (SSSR count). The Morgan fingerprint density at radius 1 is 1.03 bits per heavy atom. The summed E-state index contributed by atoms with van der Waals surface area (Å²) in [5.41, 5.74) is 1.94. The fourth-order valence-electron chi connectivity index (χ4n) is 3.36. The zero-order chi connectivity index (χ0) is 22.8. The molecule has 0 atom stereocenters. The molecule has 6 nitrogen and oxygen atoms in total. The summed E-state index contributed by atoms with van der Waals surface area (Å²) in [5.74, 6) is -1.06. The van der Waals surface area contributed by atoms with Crippen LogP contribution in [0.4, 0.5) is 5.69 Å². The predicted molar refractivity (Wildman–Crippen MR) is 126 cm³/mol. The standard InChI is InChI=1S/C23H16Cl3N3O3/c1-32-16-4-5-19-17(11-16)20(21(30)23(31)28-15-6-8-27-9-7-15)22(26)29(19)12-13-2-3-14(24)10-18(13)25/h2-11H,12H2,1H3,(H,27,28,31). The van der Waals surface area contributed by atoms with E-state index in [0.29, 0.717) is 32.4 Å². The Labute approximate surface area is 198 Å². The molecular weight excluding hydrogens is 473 g/mol. The van der Waals surface area contributed by atoms with Crippen molar-refractivity contribution in [3.8, 4) is 5.75 Å². The van der Waals surface area contributed by atoms with Crippen LogP contribution in [0.5, 0.6) is 5.75 Å². The molecule has 0 aliphatic rings. The first kappa shape index (κ1) is 22.1. The van der Waals surface area contributed by atoms with Gasteiger partial charge in [-0.05, 0) is 48.0 Å². The van der Waals surface area contributed by atoms with E-state index in [0.717, 1.165) is 5.56 Å². The number of anilines is 1. The highest BCUT2D eigenvalue weighted by Crippen LogP contribution is 2.35. The molecule has 1 amide bonds. The van der Waals surface area contributed by atoms with Gasteiger partial charge in [0.25, 0.3) is 11.7 Å². The largest absolute Gasteiger partial charge is 0.497 e. The average Bonchev–Trinajstić information content (AvgIpc) is 3.06. The van der Waals surface area contributed by atoms with Gasteiger partial charge in [0.2, 0.25) is 0 Å². The van der Waals surface area contributed by atoms with Crippen molar-refractivity contribution < 1.29 is 14.3 Å². The fraction of sp³-hybridized carbons (Fsp3) is 0.0870. The van der Waals surface area contributed by atoms with E-state index in [1.54, 1.807) is 53.1 Å². The third-order valence-corrected chi connectivity index (χ3v) is 5.90. The zero-order valence-electron chi connectivity index (χ0n) is 16.7. The van der Waals surface area contributed by atoms with E-state index in [1.165, 1.54) is 19.5 Å². The molecule has 0 fully saturated rings. The summed E-state index contributed by atoms with van der Waals surface area (Å²) in [7, 11) is 1.52. The number of pyridine rings is 1. The van der Waals surface area contributed by atoms with Crippen LogP contribution in [0.15, 0.2) is 60.9 Å². The number of nitrogens with one attached hydrogen (secondary N) is 1. The number of Topliss-reactive ketones (excluding diaryl/α,β-unsaturated/α-hetero) is 1. The Balaban J connectivity index is 1.80. The molecule has 4 aromatic rings. The van der Waals surface area contributed by atoms with Gasteiger partial charge in [0.15, 0.2) is 0 Å². The lowest BCUT2D eigenvalue weighted by atomic mass is 10.1. The van der Waals surface area contributed by atoms with Crippen LogP contribution in [0.2, 0.25) is 15.2 Å². The average molecular weight is 489 g/mol. The van der Waals surface area contributed by atoms with Crippen molar-refractivity contribution in [3.63, 3.8) is 0 Å². The molecule has 162 valence electrons. The number of amides is 1. The lowest BCUT2D eigenvalue weighted by Crippen LogP contribution is -2.23. The molecule has 2 aromatic carbocycles. The van der Waals surface area contributed by atoms with Gasteiger partial charge in [0, 0.05) is 33.5 Å². The Hall–Kier alpha value is -3.06. The monoisotopic (exact) mass is 487 g/mol. The Bertz CT molecular complexity index is 1340. The van der Waals surface area contributed by atoms with Gasteiger partial charge in [-0.25, -0.2) is 0 Å². The van der Waals surface area contributed by atoms with E-state index >= 15 is 0 Å². The number of fused-ring (bicyclic) bond motifs is 1. The molecule has 0 saturated carbocycles. The first-order valence-corrected chi connectivity index (χ1v) is 10.6. The molecule has 0 aliphatic carbocycles. The third-order valence-electron chi connectivity index (χ3n) is 4.92. The van der Waals surface area contributed by atoms with Crippen molar-refractivity contribution in [3.05, 3.63) is 87.2 Å². The molecule has 2 aromatic heterocycles. The van der Waals surface area contributed by atoms with Crippen molar-refractivity contribution in [1.82, 2.24) is 9.55 Å². The number of methoxy groups -OCH3 is 1. The number of halogens is 3. The topological polar surface area (TPSA) is 73.2 Å². The molecule has 0 saturated heterocycles. The Kier molecular flexibility index (Phi) is 6.37. The number of benzene rings is 2. The summed E-state index contributed by atoms with van der Waals surface area (Å²) in [5, 5.41) is 4.16. The minimum absolute atomic E-state index is 0.0807. The van der Waals surface area contributed by atoms with Gasteiger partial charge < -0.3 is 14.6 Å². The van der Waals surface area contributed by atoms with Crippen LogP contribution in [0, 0.1) is 0 Å². The van der Waals surface area contributed by atoms with Gasteiger partial charge >= 0.3 is 0 Å². The van der Waals surface area contributed by atoms with Crippen molar-refractivity contribution in [1.29, 1.82) is 0 Å². The maximum atomic E-state index is 13.2. The van der Waals surface area contributed by atoms with E-state index in [1.807, 2.05) is 0 Å². The van der Waals surface area contributed by atoms with E-state index in [9.17, 15) is 9.59 Å². The van der Waals surface area contributed by atoms with Gasteiger partial charge in [-0.2, -0.15) is 0 Å². The summed E-state index contributed by atoms with van der Waals surface area (Å²) >= 11 is 19.0. The fourth-order valence-corrected chi connectivity index (χ4v) is 4.16. The van der Waals surface area contributed by atoms with Gasteiger partial charge in [-0.1, -0.05) is 40.9 Å². The number of ether oxygens (including phenoxy) is 1. The zero-order valence-corrected chi connectivity index (χ0v) is 19.0. The lowest BCUT2D eigenvalue weighted by Gasteiger charge is -2.10. The highest BCUT2D eigenvalue weighted by Gasteiger charge is 2.27. The third kappa shape index (κ3) is 4.30. The van der Waals surface area contributed by atoms with Crippen LogP contribution in [-0.2, 0) is 11.3 Å². The van der Waals surface area contributed by atoms with Gasteiger partial charge in [0.1, 0.15) is 10.9 Å². The number of hydrogen-bond acceptors (Lipinski definition) is 4. The first-order valence-electron chi connectivity index (χ1n) is 9.44. The van der Waals surface area contributed by atoms with Crippen LogP contribution in [0.3, 0.4) is 0 Å². The molecule has 2 heterocycles. The number of carbonyl (C=O) groups is 2. The SMILES string of the molecule is COc1ccc2c(c1)c(C(=O)C(=O)Nc1ccncc1)c(Cl)n2Cc1ccc(Cl)cc1Cl. The summed E-state index contributed by atoms with van der Waals surface area (Å²) < 4.78 is 7.03. The molecule has 0 aliphatic heterocycles. The predicted octanol–water partition coefficient (Wildman–Crippen LogP) is 5.87. The number of aromatic nitrogens is 2. The molecular formula is C23H16Cl3N3O3. The van der Waals surface area contributed by atoms with Gasteiger partial charge in [-0.3, -0.25) is 14.6 Å². The summed E-state index contributed by atoms with van der Waals surface area (Å²) in [6, 6.07) is 13.5. The quantitative estimate of drug-likeness (QED) is 0.272. The van der Waals surface area contributed by atoms with Gasteiger partial charge in [-0.15, -0.1) is 0 Å². The second-order valence-electron chi connectivity index (χ2n) is 6.89. The van der Waals surface area contributed by atoms with Crippen molar-refractivity contribution in [2.75, 3.05) is 12.4 Å². The van der Waals surface area contributed by atoms with Crippen LogP contribution in [0.25, 0.3) is 10.9 Å². The number of hydrogen-bond donors (Lipinski definition) is 1. The first-order chi connectivity index (χ1) is 15.4. The van der Waals surface area contributed by atoms with Gasteiger partial charge in [0.05, 0.1) is 24.7 Å². The smallest absolute Gasteiger partial charge is 0.296 e. The summed E-state index contributed by atoms with van der Waals surface area (Å²) in [4.78, 5) is 29.7. The normalized spacial score (nSPS) is 10.9. The van der Waals surface area contributed by atoms with Crippen molar-refractivity contribution in [2.45, 2.75) is 6.54 Å². The molecule has 1 N–H and O–H groups in total. The summed E-state index contributed by atoms with van der Waals surface area (Å²) in [6.45, 7) is 0.275. The number of rotatable bonds is 6. The second-order valence-corrected chi connectivity index (χ2v) is 8.09. The van der Waals surface area contributed by atoms with E-state index in [2.05, 4.69) is 10.3 Å². The van der Waals surface area contributed by atoms with Crippen LogP contribution < -0.4 is 10.1 Å². The van der Waals surface area contributed by atoms with Crippen LogP contribution in [0.1, 0.15) is 15.9 Å². The molecule has 0 unspecified atom stereocenters. The van der Waals surface area contributed by atoms with Crippen LogP contribution >= 0.6 is 34.8 Å². The Morgan fingerprint density at radius 2 is 1.78 bits per heavy atom. The molecule has 32 heavy (non-hydrogen) atoms. The maximum absolute atomic E-state index is 13.2. The van der Waals surface area contributed by atoms with Crippen molar-refractivity contribution in [2.24, 2.45) is 0 Å². The van der Waals surface area contributed by atoms with E-state index < -0.39 is 11.7 Å². The van der Waals surface area contributed by atoms with Crippen molar-refractivity contribution >= 4 is 63.1 Å². The lowest BCUT2D eigenvalue weighted by molar-refractivity contribution is -0.112. The van der Waals surface area contributed by atoms with E-state index in [4.69, 9.17) is 39.5 Å². The number of ketones is 1. The maximum Gasteiger partial charge on any atom is 0.296 e. The second kappa shape index (κ2) is 9.20. The molecule has 0 radical (unpaired) electrons. The van der Waals surface area contributed by atoms with E-state index in [-0.39, 0.29) is 17.3 Å². The minimum atomic E-state index is -0.815. The van der Waals surface area contributed by atoms with Crippen LogP contribution in [-0.4, -0.2) is 28.4 Å². The Morgan fingerprint density at radius 3 is 2.47 bits per heavy atom. The minimum Gasteiger partial charge on any atom is -0.497 e. The highest BCUT2D eigenvalue weighted by molar-refractivity contribution is 6.51. The summed E-state index contributed by atoms with van der Waals surface area (Å²) in [6.07, 6.45) is 3.03. The molecule has 9 heteroatoms. The molecule has 0 bridgehead atoms.